The second kappa shape index (κ2) is 8.65. The average molecular weight is 462 g/mol. The number of fused-ring (bicyclic) bond motifs is 2. The van der Waals surface area contributed by atoms with E-state index in [4.69, 9.17) is 14.8 Å². The van der Waals surface area contributed by atoms with E-state index in [-0.39, 0.29) is 30.9 Å². The molecule has 9 heteroatoms. The van der Waals surface area contributed by atoms with E-state index in [1.165, 1.54) is 29.5 Å². The van der Waals surface area contributed by atoms with E-state index < -0.39 is 0 Å². The van der Waals surface area contributed by atoms with E-state index in [1.807, 2.05) is 12.1 Å². The Balaban J connectivity index is 0.00000116. The number of carbonyl (C=O) groups excluding carboxylic acids is 1. The van der Waals surface area contributed by atoms with Crippen LogP contribution >= 0.6 is 24.8 Å². The number of hydrogen-bond donors (Lipinski definition) is 1. The average Bonchev–Trinajstić information content (AvgIpc) is 3.43. The Kier molecular flexibility index (Phi) is 6.10. The highest BCUT2D eigenvalue weighted by atomic mass is 35.5. The fraction of sp³-hybridized carbons (Fsp3) is 0.409. The molecule has 7 nitrogen and oxygen atoms in total. The van der Waals surface area contributed by atoms with E-state index in [0.717, 1.165) is 48.6 Å². The molecular formula is C22H25Cl2N5O2. The summed E-state index contributed by atoms with van der Waals surface area (Å²) in [4.78, 5) is 18.6. The number of aryl methyl sites for hydroxylation is 1. The topological polar surface area (TPSA) is 72.3 Å². The molecule has 31 heavy (non-hydrogen) atoms. The van der Waals surface area contributed by atoms with E-state index in [0.29, 0.717) is 19.1 Å². The van der Waals surface area contributed by atoms with Gasteiger partial charge in [-0.25, -0.2) is 9.78 Å². The number of aromatic nitrogens is 3. The van der Waals surface area contributed by atoms with Crippen LogP contribution in [0.5, 0.6) is 0 Å². The van der Waals surface area contributed by atoms with E-state index in [2.05, 4.69) is 28.2 Å². The number of cyclic esters (lactones) is 1. The molecule has 0 radical (unpaired) electrons. The highest BCUT2D eigenvalue weighted by molar-refractivity contribution is 5.94. The third kappa shape index (κ3) is 3.97. The molecule has 1 aromatic carbocycles. The second-order valence-electron chi connectivity index (χ2n) is 8.11. The number of anilines is 1. The third-order valence-corrected chi connectivity index (χ3v) is 6.07. The zero-order valence-corrected chi connectivity index (χ0v) is 18.7. The first kappa shape index (κ1) is 21.9. The van der Waals surface area contributed by atoms with E-state index in [9.17, 15) is 4.79 Å². The predicted octanol–water partition coefficient (Wildman–Crippen LogP) is 4.27. The minimum Gasteiger partial charge on any atom is -0.447 e. The van der Waals surface area contributed by atoms with Crippen LogP contribution in [-0.2, 0) is 17.8 Å². The summed E-state index contributed by atoms with van der Waals surface area (Å²) in [5.41, 5.74) is 6.17. The smallest absolute Gasteiger partial charge is 0.414 e. The van der Waals surface area contributed by atoms with Crippen molar-refractivity contribution in [1.82, 2.24) is 20.1 Å². The Morgan fingerprint density at radius 1 is 1.06 bits per heavy atom. The lowest BCUT2D eigenvalue weighted by atomic mass is 10.0. The normalized spacial score (nSPS) is 18.1. The van der Waals surface area contributed by atoms with Gasteiger partial charge in [0, 0.05) is 24.2 Å². The maximum absolute atomic E-state index is 12.0. The lowest BCUT2D eigenvalue weighted by molar-refractivity contribution is 0.181. The number of hydrogen-bond acceptors (Lipinski definition) is 5. The summed E-state index contributed by atoms with van der Waals surface area (Å²) < 4.78 is 7.21. The number of nitrogens with zero attached hydrogens (tertiary/aromatic N) is 4. The molecule has 1 saturated heterocycles. The molecule has 3 aromatic rings. The first-order valence-electron chi connectivity index (χ1n) is 10.4. The van der Waals surface area contributed by atoms with Crippen LogP contribution in [0.25, 0.3) is 22.3 Å². The molecule has 0 spiro atoms. The summed E-state index contributed by atoms with van der Waals surface area (Å²) >= 11 is 0. The lowest BCUT2D eigenvalue weighted by Gasteiger charge is -2.15. The van der Waals surface area contributed by atoms with Crippen LogP contribution in [-0.4, -0.2) is 40.6 Å². The van der Waals surface area contributed by atoms with Gasteiger partial charge < -0.3 is 10.1 Å². The Morgan fingerprint density at radius 3 is 2.71 bits per heavy atom. The standard InChI is InChI=1S/C22H23N5O2.2ClH/c28-22-26(8-9-29-22)15-4-5-17-18(14-2-3-14)12-20(24-19(17)10-15)21-11-16-13-23-6-1-7-27(16)25-21;;/h4-5,10-12,14,23H,1-3,6-9,13H2;2*1H. The van der Waals surface area contributed by atoms with Gasteiger partial charge in [0.25, 0.3) is 0 Å². The number of carbonyl (C=O) groups is 1. The lowest BCUT2D eigenvalue weighted by Crippen LogP contribution is -2.23. The van der Waals surface area contributed by atoms with Gasteiger partial charge in [0.2, 0.25) is 0 Å². The van der Waals surface area contributed by atoms with Crippen molar-refractivity contribution >= 4 is 47.5 Å². The zero-order chi connectivity index (χ0) is 19.4. The Bertz CT molecular complexity index is 1110. The quantitative estimate of drug-likeness (QED) is 0.630. The summed E-state index contributed by atoms with van der Waals surface area (Å²) in [5, 5.41) is 9.48. The maximum atomic E-state index is 12.0. The summed E-state index contributed by atoms with van der Waals surface area (Å²) in [7, 11) is 0. The Hall–Kier alpha value is -2.35. The molecule has 0 bridgehead atoms. The summed E-state index contributed by atoms with van der Waals surface area (Å²) in [6.07, 6.45) is 3.25. The van der Waals surface area contributed by atoms with Crippen LogP contribution in [0, 0.1) is 0 Å². The van der Waals surface area contributed by atoms with E-state index in [1.54, 1.807) is 4.90 Å². The van der Waals surface area contributed by atoms with Crippen LogP contribution in [0.3, 0.4) is 0 Å². The van der Waals surface area contributed by atoms with Crippen LogP contribution in [0.1, 0.15) is 36.4 Å². The molecule has 2 fully saturated rings. The van der Waals surface area contributed by atoms with Crippen molar-refractivity contribution in [3.8, 4) is 11.4 Å². The zero-order valence-electron chi connectivity index (χ0n) is 17.0. The molecule has 0 unspecified atom stereocenters. The van der Waals surface area contributed by atoms with Crippen molar-refractivity contribution in [2.75, 3.05) is 24.6 Å². The molecule has 6 rings (SSSR count). The van der Waals surface area contributed by atoms with Crippen LogP contribution in [0.15, 0.2) is 30.3 Å². The van der Waals surface area contributed by atoms with Crippen molar-refractivity contribution in [3.63, 3.8) is 0 Å². The fourth-order valence-corrected chi connectivity index (χ4v) is 4.39. The third-order valence-electron chi connectivity index (χ3n) is 6.07. The Labute approximate surface area is 193 Å². The molecule has 1 amide bonds. The molecule has 1 aliphatic carbocycles. The van der Waals surface area contributed by atoms with Crippen molar-refractivity contribution in [2.24, 2.45) is 0 Å². The van der Waals surface area contributed by atoms with Crippen LogP contribution in [0.2, 0.25) is 0 Å². The minimum atomic E-state index is -0.284. The van der Waals surface area contributed by atoms with Gasteiger partial charge >= 0.3 is 6.09 Å². The molecule has 1 N–H and O–H groups in total. The van der Waals surface area contributed by atoms with E-state index >= 15 is 0 Å². The summed E-state index contributed by atoms with van der Waals surface area (Å²) in [6, 6.07) is 10.5. The van der Waals surface area contributed by atoms with Gasteiger partial charge in [-0.05, 0) is 61.6 Å². The highest BCUT2D eigenvalue weighted by Crippen LogP contribution is 2.44. The van der Waals surface area contributed by atoms with Crippen molar-refractivity contribution in [3.05, 3.63) is 41.6 Å². The minimum absolute atomic E-state index is 0. The number of halogens is 2. The van der Waals surface area contributed by atoms with Gasteiger partial charge in [-0.1, -0.05) is 6.07 Å². The molecule has 2 aliphatic heterocycles. The van der Waals surface area contributed by atoms with Gasteiger partial charge in [0.05, 0.1) is 23.4 Å². The highest BCUT2D eigenvalue weighted by Gasteiger charge is 2.28. The van der Waals surface area contributed by atoms with Crippen molar-refractivity contribution in [2.45, 2.75) is 38.3 Å². The molecule has 0 atom stereocenters. The Morgan fingerprint density at radius 2 is 1.94 bits per heavy atom. The molecule has 3 aliphatic rings. The van der Waals surface area contributed by atoms with Gasteiger partial charge in [0.15, 0.2) is 0 Å². The summed E-state index contributed by atoms with van der Waals surface area (Å²) in [6.45, 7) is 3.83. The number of ether oxygens (including phenoxy) is 1. The predicted molar refractivity (Wildman–Crippen MR) is 124 cm³/mol. The van der Waals surface area contributed by atoms with Gasteiger partial charge in [-0.2, -0.15) is 5.10 Å². The molecule has 164 valence electrons. The fourth-order valence-electron chi connectivity index (χ4n) is 4.39. The SMILES string of the molecule is Cl.Cl.O=C1OCCN1c1ccc2c(C3CC3)cc(-c3cc4n(n3)CCCNC4)nc2c1. The first-order valence-corrected chi connectivity index (χ1v) is 10.4. The number of rotatable bonds is 3. The summed E-state index contributed by atoms with van der Waals surface area (Å²) in [5.74, 6) is 0.601. The number of nitrogens with one attached hydrogen (secondary N) is 1. The largest absolute Gasteiger partial charge is 0.447 e. The van der Waals surface area contributed by atoms with Crippen molar-refractivity contribution < 1.29 is 9.53 Å². The number of pyridine rings is 1. The van der Waals surface area contributed by atoms with Crippen molar-refractivity contribution in [1.29, 1.82) is 0 Å². The maximum Gasteiger partial charge on any atom is 0.414 e. The molecule has 2 aromatic heterocycles. The molecule has 4 heterocycles. The van der Waals surface area contributed by atoms with Crippen LogP contribution < -0.4 is 10.2 Å². The number of benzene rings is 1. The first-order chi connectivity index (χ1) is 14.3. The monoisotopic (exact) mass is 461 g/mol. The van der Waals surface area contributed by atoms with Crippen LogP contribution in [0.4, 0.5) is 10.5 Å². The molecule has 1 saturated carbocycles. The van der Waals surface area contributed by atoms with Gasteiger partial charge in [-0.15, -0.1) is 24.8 Å². The van der Waals surface area contributed by atoms with Gasteiger partial charge in [-0.3, -0.25) is 9.58 Å². The second-order valence-corrected chi connectivity index (χ2v) is 8.11. The molecular weight excluding hydrogens is 437 g/mol. The number of amides is 1. The van der Waals surface area contributed by atoms with Gasteiger partial charge in [0.1, 0.15) is 12.3 Å².